The van der Waals surface area contributed by atoms with Gasteiger partial charge in [-0.1, -0.05) is 68.4 Å². The molecular weight excluding hydrogens is 328 g/mol. The van der Waals surface area contributed by atoms with E-state index in [0.717, 1.165) is 22.6 Å². The Morgan fingerprint density at radius 1 is 0.704 bits per heavy atom. The second kappa shape index (κ2) is 9.64. The van der Waals surface area contributed by atoms with Crippen LogP contribution in [0.1, 0.15) is 55.4 Å². The fourth-order valence-corrected chi connectivity index (χ4v) is 2.64. The van der Waals surface area contributed by atoms with Crippen molar-refractivity contribution in [2.45, 2.75) is 55.4 Å². The molecule has 0 heterocycles. The standard InChI is InChI=1S/C25H36N2/c1-17(2)11-12-18(3)21-15-16-22(24(27-10)23(21)26-9)19(4)13-14-20(5)25(6,7)8/h11-16H,1-10H3/b18-12+,19-13+,20-14+,26-23?,27-24?. The average molecular weight is 365 g/mol. The molecule has 0 fully saturated rings. The Morgan fingerprint density at radius 2 is 1.11 bits per heavy atom. The van der Waals surface area contributed by atoms with Crippen molar-refractivity contribution in [3.8, 4) is 0 Å². The highest BCUT2D eigenvalue weighted by atomic mass is 14.8. The van der Waals surface area contributed by atoms with Crippen LogP contribution < -0.4 is 0 Å². The quantitative estimate of drug-likeness (QED) is 0.385. The lowest BCUT2D eigenvalue weighted by Gasteiger charge is -2.21. The highest BCUT2D eigenvalue weighted by molar-refractivity contribution is 6.56. The molecule has 0 radical (unpaired) electrons. The van der Waals surface area contributed by atoms with Crippen molar-refractivity contribution < 1.29 is 0 Å². The molecule has 0 spiro atoms. The third-order valence-corrected chi connectivity index (χ3v) is 4.88. The number of hydrogen-bond acceptors (Lipinski definition) is 2. The molecule has 0 amide bonds. The van der Waals surface area contributed by atoms with Crippen molar-refractivity contribution >= 4 is 11.4 Å². The second-order valence-electron chi connectivity index (χ2n) is 8.35. The van der Waals surface area contributed by atoms with Gasteiger partial charge in [-0.15, -0.1) is 0 Å². The van der Waals surface area contributed by atoms with Crippen LogP contribution in [0.2, 0.25) is 0 Å². The monoisotopic (exact) mass is 364 g/mol. The summed E-state index contributed by atoms with van der Waals surface area (Å²) < 4.78 is 0. The van der Waals surface area contributed by atoms with Gasteiger partial charge in [-0.05, 0) is 51.2 Å². The molecule has 2 nitrogen and oxygen atoms in total. The summed E-state index contributed by atoms with van der Waals surface area (Å²) in [5.41, 5.74) is 9.37. The smallest absolute Gasteiger partial charge is 0.0903 e. The van der Waals surface area contributed by atoms with Crippen LogP contribution >= 0.6 is 0 Å². The van der Waals surface area contributed by atoms with Crippen LogP contribution in [0.25, 0.3) is 0 Å². The Balaban J connectivity index is 3.42. The van der Waals surface area contributed by atoms with E-state index in [0.29, 0.717) is 0 Å². The molecule has 0 atom stereocenters. The minimum Gasteiger partial charge on any atom is -0.286 e. The average Bonchev–Trinajstić information content (AvgIpc) is 2.61. The minimum absolute atomic E-state index is 0.176. The predicted octanol–water partition coefficient (Wildman–Crippen LogP) is 6.85. The van der Waals surface area contributed by atoms with E-state index in [2.05, 4.69) is 102 Å². The molecule has 0 aromatic rings. The van der Waals surface area contributed by atoms with Crippen LogP contribution in [-0.4, -0.2) is 25.5 Å². The maximum absolute atomic E-state index is 4.58. The Hall–Kier alpha value is -2.22. The molecule has 0 saturated carbocycles. The number of hydrogen-bond donors (Lipinski definition) is 0. The Morgan fingerprint density at radius 3 is 1.44 bits per heavy atom. The summed E-state index contributed by atoms with van der Waals surface area (Å²) in [6.07, 6.45) is 13.0. The van der Waals surface area contributed by atoms with Crippen LogP contribution in [-0.2, 0) is 0 Å². The number of allylic oxidation sites excluding steroid dienone is 12. The fourth-order valence-electron chi connectivity index (χ4n) is 2.64. The highest BCUT2D eigenvalue weighted by Crippen LogP contribution is 2.27. The van der Waals surface area contributed by atoms with Crippen molar-refractivity contribution in [2.24, 2.45) is 15.4 Å². The molecule has 146 valence electrons. The first kappa shape index (κ1) is 22.8. The zero-order valence-electron chi connectivity index (χ0n) is 18.9. The van der Waals surface area contributed by atoms with Gasteiger partial charge in [0.1, 0.15) is 0 Å². The predicted molar refractivity (Wildman–Crippen MR) is 123 cm³/mol. The van der Waals surface area contributed by atoms with E-state index in [4.69, 9.17) is 0 Å². The van der Waals surface area contributed by atoms with Gasteiger partial charge in [0.15, 0.2) is 0 Å². The molecule has 27 heavy (non-hydrogen) atoms. The van der Waals surface area contributed by atoms with Gasteiger partial charge in [0.25, 0.3) is 0 Å². The van der Waals surface area contributed by atoms with Crippen LogP contribution in [0.5, 0.6) is 0 Å². The van der Waals surface area contributed by atoms with Gasteiger partial charge < -0.3 is 0 Å². The number of aliphatic imine (C=N–C) groups is 2. The lowest BCUT2D eigenvalue weighted by Crippen LogP contribution is -2.23. The Labute approximate surface area is 166 Å². The van der Waals surface area contributed by atoms with Crippen molar-refractivity contribution in [3.63, 3.8) is 0 Å². The van der Waals surface area contributed by atoms with Crippen molar-refractivity contribution in [2.75, 3.05) is 14.1 Å². The van der Waals surface area contributed by atoms with Crippen LogP contribution in [0, 0.1) is 5.41 Å². The summed E-state index contributed by atoms with van der Waals surface area (Å²) in [4.78, 5) is 9.15. The Kier molecular flexibility index (Phi) is 8.15. The molecule has 0 bridgehead atoms. The van der Waals surface area contributed by atoms with Gasteiger partial charge in [-0.2, -0.15) is 0 Å². The topological polar surface area (TPSA) is 24.7 Å². The number of rotatable bonds is 4. The summed E-state index contributed by atoms with van der Waals surface area (Å²) in [6.45, 7) is 17.4. The molecule has 0 aromatic heterocycles. The fraction of sp³-hybridized carbons (Fsp3) is 0.440. The van der Waals surface area contributed by atoms with Crippen molar-refractivity contribution in [1.82, 2.24) is 0 Å². The lowest BCUT2D eigenvalue weighted by atomic mass is 9.85. The summed E-state index contributed by atoms with van der Waals surface area (Å²) in [5, 5.41) is 0. The molecule has 0 unspecified atom stereocenters. The van der Waals surface area contributed by atoms with Gasteiger partial charge in [-0.3, -0.25) is 9.98 Å². The first-order chi connectivity index (χ1) is 12.5. The Bertz CT molecular complexity index is 807. The molecule has 1 aliphatic carbocycles. The minimum atomic E-state index is 0.176. The molecular formula is C25H36N2. The summed E-state index contributed by atoms with van der Waals surface area (Å²) in [5.74, 6) is 0. The molecule has 2 heteroatoms. The zero-order chi connectivity index (χ0) is 20.8. The van der Waals surface area contributed by atoms with E-state index in [1.807, 2.05) is 14.1 Å². The van der Waals surface area contributed by atoms with Crippen LogP contribution in [0.4, 0.5) is 0 Å². The van der Waals surface area contributed by atoms with Gasteiger partial charge in [0.05, 0.1) is 11.4 Å². The van der Waals surface area contributed by atoms with Gasteiger partial charge in [0.2, 0.25) is 0 Å². The van der Waals surface area contributed by atoms with E-state index in [1.54, 1.807) is 0 Å². The van der Waals surface area contributed by atoms with E-state index in [9.17, 15) is 0 Å². The molecule has 1 aliphatic rings. The third kappa shape index (κ3) is 6.16. The van der Waals surface area contributed by atoms with Crippen LogP contribution in [0.3, 0.4) is 0 Å². The lowest BCUT2D eigenvalue weighted by molar-refractivity contribution is 0.504. The highest BCUT2D eigenvalue weighted by Gasteiger charge is 2.22. The summed E-state index contributed by atoms with van der Waals surface area (Å²) in [7, 11) is 3.68. The molecule has 0 saturated heterocycles. The maximum Gasteiger partial charge on any atom is 0.0903 e. The van der Waals surface area contributed by atoms with Gasteiger partial charge in [0, 0.05) is 25.2 Å². The summed E-state index contributed by atoms with van der Waals surface area (Å²) in [6, 6.07) is 0. The van der Waals surface area contributed by atoms with Gasteiger partial charge >= 0.3 is 0 Å². The normalized spacial score (nSPS) is 20.0. The van der Waals surface area contributed by atoms with E-state index in [-0.39, 0.29) is 5.41 Å². The van der Waals surface area contributed by atoms with Gasteiger partial charge in [-0.25, -0.2) is 0 Å². The largest absolute Gasteiger partial charge is 0.286 e. The van der Waals surface area contributed by atoms with Crippen molar-refractivity contribution in [1.29, 1.82) is 0 Å². The molecule has 0 aliphatic heterocycles. The number of nitrogens with zero attached hydrogens (tertiary/aromatic N) is 2. The molecule has 1 rings (SSSR count). The maximum atomic E-state index is 4.58. The second-order valence-corrected chi connectivity index (χ2v) is 8.35. The SMILES string of the molecule is CN=C1C(/C(C)=C/C=C(C)C)=CC=C(/C(C)=C/C=C(\C)C(C)(C)C)C1=NC. The molecule has 0 N–H and O–H groups in total. The third-order valence-electron chi connectivity index (χ3n) is 4.88. The zero-order valence-corrected chi connectivity index (χ0v) is 18.9. The first-order valence-corrected chi connectivity index (χ1v) is 9.57. The van der Waals surface area contributed by atoms with Crippen molar-refractivity contribution in [3.05, 3.63) is 69.9 Å². The van der Waals surface area contributed by atoms with E-state index < -0.39 is 0 Å². The summed E-state index contributed by atoms with van der Waals surface area (Å²) >= 11 is 0. The first-order valence-electron chi connectivity index (χ1n) is 9.57. The van der Waals surface area contributed by atoms with E-state index in [1.165, 1.54) is 22.3 Å². The molecule has 0 aromatic carbocycles. The van der Waals surface area contributed by atoms with Crippen LogP contribution in [0.15, 0.2) is 79.9 Å². The van der Waals surface area contributed by atoms with E-state index >= 15 is 0 Å².